The van der Waals surface area contributed by atoms with Crippen LogP contribution in [-0.2, 0) is 0 Å². The molecule has 0 aliphatic rings. The standard InChI is InChI=1S/C23H22N2O4/c1-26-19-10-9-17(15-7-5-6-8-16(15)19)22-18(13-24-25-22)14-11-20(27-2)23(29-4)21(12-14)28-3/h5-13H,1-4H3,(H,24,25). The van der Waals surface area contributed by atoms with E-state index in [-0.39, 0.29) is 0 Å². The Balaban J connectivity index is 1.93. The van der Waals surface area contributed by atoms with E-state index in [2.05, 4.69) is 16.3 Å². The highest BCUT2D eigenvalue weighted by atomic mass is 16.5. The molecule has 6 nitrogen and oxygen atoms in total. The van der Waals surface area contributed by atoms with Crippen molar-refractivity contribution in [2.75, 3.05) is 28.4 Å². The van der Waals surface area contributed by atoms with E-state index < -0.39 is 0 Å². The number of aromatic nitrogens is 2. The topological polar surface area (TPSA) is 65.6 Å². The van der Waals surface area contributed by atoms with Gasteiger partial charge in [-0.25, -0.2) is 0 Å². The number of fused-ring (bicyclic) bond motifs is 1. The molecule has 0 fully saturated rings. The molecule has 29 heavy (non-hydrogen) atoms. The summed E-state index contributed by atoms with van der Waals surface area (Å²) in [4.78, 5) is 0. The monoisotopic (exact) mass is 390 g/mol. The summed E-state index contributed by atoms with van der Waals surface area (Å²) in [5, 5.41) is 9.57. The summed E-state index contributed by atoms with van der Waals surface area (Å²) in [6.45, 7) is 0. The minimum Gasteiger partial charge on any atom is -0.496 e. The van der Waals surface area contributed by atoms with Crippen molar-refractivity contribution in [2.24, 2.45) is 0 Å². The van der Waals surface area contributed by atoms with Gasteiger partial charge in [0.05, 0.1) is 40.3 Å². The molecule has 0 amide bonds. The number of nitrogens with one attached hydrogen (secondary N) is 1. The quantitative estimate of drug-likeness (QED) is 0.506. The van der Waals surface area contributed by atoms with Crippen molar-refractivity contribution in [3.05, 3.63) is 54.7 Å². The molecule has 148 valence electrons. The number of methoxy groups -OCH3 is 4. The van der Waals surface area contributed by atoms with Gasteiger partial charge in [-0.05, 0) is 35.2 Å². The number of hydrogen-bond acceptors (Lipinski definition) is 5. The molecule has 0 bridgehead atoms. The highest BCUT2D eigenvalue weighted by molar-refractivity contribution is 6.02. The van der Waals surface area contributed by atoms with Crippen molar-refractivity contribution >= 4 is 10.8 Å². The number of H-pyrrole nitrogens is 1. The molecule has 0 atom stereocenters. The maximum atomic E-state index is 5.53. The van der Waals surface area contributed by atoms with E-state index >= 15 is 0 Å². The third-order valence-corrected chi connectivity index (χ3v) is 4.99. The molecule has 6 heteroatoms. The van der Waals surface area contributed by atoms with Gasteiger partial charge in [0, 0.05) is 16.5 Å². The molecule has 4 rings (SSSR count). The van der Waals surface area contributed by atoms with Crippen LogP contribution in [0.2, 0.25) is 0 Å². The van der Waals surface area contributed by atoms with Crippen molar-refractivity contribution in [2.45, 2.75) is 0 Å². The van der Waals surface area contributed by atoms with E-state index in [9.17, 15) is 0 Å². The highest BCUT2D eigenvalue weighted by Gasteiger charge is 2.19. The fourth-order valence-electron chi connectivity index (χ4n) is 3.61. The second-order valence-electron chi connectivity index (χ2n) is 6.43. The van der Waals surface area contributed by atoms with Crippen LogP contribution in [0.25, 0.3) is 33.2 Å². The van der Waals surface area contributed by atoms with Crippen molar-refractivity contribution in [1.29, 1.82) is 0 Å². The van der Waals surface area contributed by atoms with Crippen LogP contribution in [0, 0.1) is 0 Å². The van der Waals surface area contributed by atoms with Crippen LogP contribution in [0.15, 0.2) is 54.7 Å². The highest BCUT2D eigenvalue weighted by Crippen LogP contribution is 2.44. The SMILES string of the molecule is COc1cc(-c2cn[nH]c2-c2ccc(OC)c3ccccc23)cc(OC)c1OC. The van der Waals surface area contributed by atoms with Crippen molar-refractivity contribution in [1.82, 2.24) is 10.2 Å². The Morgan fingerprint density at radius 3 is 1.97 bits per heavy atom. The molecular weight excluding hydrogens is 368 g/mol. The normalized spacial score (nSPS) is 10.8. The number of rotatable bonds is 6. The molecule has 1 N–H and O–H groups in total. The summed E-state index contributed by atoms with van der Waals surface area (Å²) in [6, 6.07) is 16.0. The Labute approximate surface area is 169 Å². The van der Waals surface area contributed by atoms with Crippen molar-refractivity contribution in [3.63, 3.8) is 0 Å². The van der Waals surface area contributed by atoms with E-state index in [4.69, 9.17) is 18.9 Å². The van der Waals surface area contributed by atoms with E-state index in [0.717, 1.165) is 38.9 Å². The molecule has 1 aromatic heterocycles. The number of benzene rings is 3. The molecule has 4 aromatic rings. The Morgan fingerprint density at radius 1 is 0.690 bits per heavy atom. The fraction of sp³-hybridized carbons (Fsp3) is 0.174. The maximum absolute atomic E-state index is 5.53. The van der Waals surface area contributed by atoms with Gasteiger partial charge in [0.1, 0.15) is 5.75 Å². The van der Waals surface area contributed by atoms with Gasteiger partial charge < -0.3 is 18.9 Å². The number of nitrogens with zero attached hydrogens (tertiary/aromatic N) is 1. The van der Waals surface area contributed by atoms with E-state index in [1.54, 1.807) is 34.6 Å². The second-order valence-corrected chi connectivity index (χ2v) is 6.43. The molecule has 0 aliphatic carbocycles. The zero-order chi connectivity index (χ0) is 20.4. The van der Waals surface area contributed by atoms with Crippen LogP contribution in [-0.4, -0.2) is 38.6 Å². The summed E-state index contributed by atoms with van der Waals surface area (Å²) in [7, 11) is 6.48. The zero-order valence-corrected chi connectivity index (χ0v) is 16.8. The Morgan fingerprint density at radius 2 is 1.34 bits per heavy atom. The lowest BCUT2D eigenvalue weighted by atomic mass is 9.96. The van der Waals surface area contributed by atoms with Crippen molar-refractivity contribution in [3.8, 4) is 45.4 Å². The van der Waals surface area contributed by atoms with Gasteiger partial charge in [0.2, 0.25) is 5.75 Å². The van der Waals surface area contributed by atoms with Crippen LogP contribution in [0.1, 0.15) is 0 Å². The third-order valence-electron chi connectivity index (χ3n) is 4.99. The Hall–Kier alpha value is -3.67. The lowest BCUT2D eigenvalue weighted by Crippen LogP contribution is -1.96. The van der Waals surface area contributed by atoms with Crippen LogP contribution in [0.4, 0.5) is 0 Å². The second kappa shape index (κ2) is 7.75. The molecule has 0 saturated heterocycles. The molecule has 0 radical (unpaired) electrons. The number of hydrogen-bond donors (Lipinski definition) is 1. The van der Waals surface area contributed by atoms with Crippen LogP contribution >= 0.6 is 0 Å². The molecule has 0 unspecified atom stereocenters. The molecule has 3 aromatic carbocycles. The van der Waals surface area contributed by atoms with Gasteiger partial charge in [-0.2, -0.15) is 5.10 Å². The third kappa shape index (κ3) is 3.12. The summed E-state index contributed by atoms with van der Waals surface area (Å²) in [5.41, 5.74) is 3.77. The van der Waals surface area contributed by atoms with Gasteiger partial charge in [0.25, 0.3) is 0 Å². The predicted molar refractivity (Wildman–Crippen MR) is 113 cm³/mol. The first-order chi connectivity index (χ1) is 14.2. The first-order valence-electron chi connectivity index (χ1n) is 9.11. The number of aromatic amines is 1. The van der Waals surface area contributed by atoms with Gasteiger partial charge >= 0.3 is 0 Å². The largest absolute Gasteiger partial charge is 0.496 e. The predicted octanol–water partition coefficient (Wildman–Crippen LogP) is 4.93. The molecule has 0 spiro atoms. The van der Waals surface area contributed by atoms with Crippen molar-refractivity contribution < 1.29 is 18.9 Å². The summed E-state index contributed by atoms with van der Waals surface area (Å²) in [6.07, 6.45) is 1.80. The molecular formula is C23H22N2O4. The summed E-state index contributed by atoms with van der Waals surface area (Å²) < 4.78 is 22.0. The maximum Gasteiger partial charge on any atom is 0.203 e. The van der Waals surface area contributed by atoms with Gasteiger partial charge in [0.15, 0.2) is 11.5 Å². The Kier molecular flexibility index (Phi) is 4.99. The van der Waals surface area contributed by atoms with Crippen LogP contribution in [0.3, 0.4) is 0 Å². The molecule has 1 heterocycles. The van der Waals surface area contributed by atoms with E-state index in [0.29, 0.717) is 17.2 Å². The first-order valence-corrected chi connectivity index (χ1v) is 9.11. The van der Waals surface area contributed by atoms with Gasteiger partial charge in [-0.3, -0.25) is 5.10 Å². The Bertz CT molecular complexity index is 1140. The average Bonchev–Trinajstić information content (AvgIpc) is 3.26. The smallest absolute Gasteiger partial charge is 0.203 e. The fourth-order valence-corrected chi connectivity index (χ4v) is 3.61. The average molecular weight is 390 g/mol. The molecule has 0 saturated carbocycles. The first kappa shape index (κ1) is 18.7. The minimum atomic E-state index is 0.554. The van der Waals surface area contributed by atoms with Crippen LogP contribution < -0.4 is 18.9 Å². The summed E-state index contributed by atoms with van der Waals surface area (Å²) >= 11 is 0. The number of ether oxygens (including phenoxy) is 4. The van der Waals surface area contributed by atoms with Crippen LogP contribution in [0.5, 0.6) is 23.0 Å². The van der Waals surface area contributed by atoms with E-state index in [1.807, 2.05) is 42.5 Å². The summed E-state index contributed by atoms with van der Waals surface area (Å²) in [5.74, 6) is 2.57. The lowest BCUT2D eigenvalue weighted by Gasteiger charge is -2.15. The van der Waals surface area contributed by atoms with Gasteiger partial charge in [-0.15, -0.1) is 0 Å². The zero-order valence-electron chi connectivity index (χ0n) is 16.8. The van der Waals surface area contributed by atoms with E-state index in [1.165, 1.54) is 0 Å². The van der Waals surface area contributed by atoms with Gasteiger partial charge in [-0.1, -0.05) is 24.3 Å². The molecule has 0 aliphatic heterocycles. The minimum absolute atomic E-state index is 0.554. The lowest BCUT2D eigenvalue weighted by molar-refractivity contribution is 0.324.